The minimum absolute atomic E-state index is 0.0162. The normalized spacial score (nSPS) is 17.7. The molecule has 1 aromatic carbocycles. The summed E-state index contributed by atoms with van der Waals surface area (Å²) in [5.41, 5.74) is 0.646. The predicted octanol–water partition coefficient (Wildman–Crippen LogP) is 4.49. The average molecular weight is 276 g/mol. The number of ketones is 1. The molecule has 1 fully saturated rings. The monoisotopic (exact) mass is 275 g/mol. The first-order valence-corrected chi connectivity index (χ1v) is 7.27. The van der Waals surface area contributed by atoms with Crippen LogP contribution in [0.1, 0.15) is 50.0 Å². The third kappa shape index (κ3) is 3.58. The van der Waals surface area contributed by atoms with Crippen molar-refractivity contribution in [3.8, 4) is 6.07 Å². The molecule has 0 amide bonds. The Balaban J connectivity index is 2.07. The molecule has 0 aromatic heterocycles. The second kappa shape index (κ2) is 6.73. The standard InChI is InChI=1S/C16H18ClNO/c17-15-9-5-4-8-13(15)14(11-18)16(19)10-12-6-2-1-3-7-12/h4-5,8-9,12,14H,1-3,6-7,10H2. The van der Waals surface area contributed by atoms with Crippen LogP contribution in [0.3, 0.4) is 0 Å². The van der Waals surface area contributed by atoms with E-state index in [0.29, 0.717) is 22.9 Å². The van der Waals surface area contributed by atoms with Crippen LogP contribution in [0.25, 0.3) is 0 Å². The number of nitriles is 1. The van der Waals surface area contributed by atoms with Gasteiger partial charge in [-0.05, 0) is 17.5 Å². The van der Waals surface area contributed by atoms with Crippen molar-refractivity contribution in [1.29, 1.82) is 5.26 Å². The van der Waals surface area contributed by atoms with Gasteiger partial charge in [0, 0.05) is 11.4 Å². The smallest absolute Gasteiger partial charge is 0.154 e. The second-order valence-corrected chi connectivity index (χ2v) is 5.67. The molecule has 1 saturated carbocycles. The Morgan fingerprint density at radius 3 is 2.63 bits per heavy atom. The van der Waals surface area contributed by atoms with Crippen molar-refractivity contribution in [3.05, 3.63) is 34.9 Å². The van der Waals surface area contributed by atoms with Gasteiger partial charge in [-0.25, -0.2) is 0 Å². The summed E-state index contributed by atoms with van der Waals surface area (Å²) < 4.78 is 0. The average Bonchev–Trinajstić information content (AvgIpc) is 2.43. The summed E-state index contributed by atoms with van der Waals surface area (Å²) in [5, 5.41) is 9.78. The van der Waals surface area contributed by atoms with E-state index < -0.39 is 5.92 Å². The molecular formula is C16H18ClNO. The van der Waals surface area contributed by atoms with Gasteiger partial charge >= 0.3 is 0 Å². The molecule has 0 aliphatic heterocycles. The quantitative estimate of drug-likeness (QED) is 0.812. The van der Waals surface area contributed by atoms with Gasteiger partial charge in [-0.3, -0.25) is 4.79 Å². The van der Waals surface area contributed by atoms with Crippen LogP contribution in [0, 0.1) is 17.2 Å². The summed E-state index contributed by atoms with van der Waals surface area (Å²) in [5.74, 6) is -0.238. The Morgan fingerprint density at radius 2 is 2.00 bits per heavy atom. The summed E-state index contributed by atoms with van der Waals surface area (Å²) in [7, 11) is 0. The minimum Gasteiger partial charge on any atom is -0.298 e. The number of hydrogen-bond donors (Lipinski definition) is 0. The van der Waals surface area contributed by atoms with E-state index in [4.69, 9.17) is 11.6 Å². The lowest BCUT2D eigenvalue weighted by molar-refractivity contribution is -0.120. The van der Waals surface area contributed by atoms with Gasteiger partial charge in [0.05, 0.1) is 6.07 Å². The van der Waals surface area contributed by atoms with E-state index in [1.165, 1.54) is 19.3 Å². The number of rotatable bonds is 4. The van der Waals surface area contributed by atoms with Gasteiger partial charge in [0.2, 0.25) is 0 Å². The lowest BCUT2D eigenvalue weighted by Crippen LogP contribution is -2.17. The van der Waals surface area contributed by atoms with Gasteiger partial charge in [0.15, 0.2) is 5.78 Å². The highest BCUT2D eigenvalue weighted by atomic mass is 35.5. The Morgan fingerprint density at radius 1 is 1.32 bits per heavy atom. The lowest BCUT2D eigenvalue weighted by atomic mass is 9.82. The van der Waals surface area contributed by atoms with Crippen molar-refractivity contribution >= 4 is 17.4 Å². The van der Waals surface area contributed by atoms with Crippen molar-refractivity contribution < 1.29 is 4.79 Å². The highest BCUT2D eigenvalue weighted by Gasteiger charge is 2.25. The number of carbonyl (C=O) groups excluding carboxylic acids is 1. The number of benzene rings is 1. The van der Waals surface area contributed by atoms with Crippen molar-refractivity contribution in [2.75, 3.05) is 0 Å². The van der Waals surface area contributed by atoms with E-state index in [2.05, 4.69) is 6.07 Å². The molecule has 100 valence electrons. The zero-order valence-corrected chi connectivity index (χ0v) is 11.7. The third-order valence-corrected chi connectivity index (χ3v) is 4.23. The van der Waals surface area contributed by atoms with Gasteiger partial charge in [-0.15, -0.1) is 0 Å². The molecule has 1 atom stereocenters. The first-order chi connectivity index (χ1) is 9.22. The maximum absolute atomic E-state index is 12.3. The SMILES string of the molecule is N#CC(C(=O)CC1CCCCC1)c1ccccc1Cl. The van der Waals surface area contributed by atoms with Crippen LogP contribution >= 0.6 is 11.6 Å². The first-order valence-electron chi connectivity index (χ1n) is 6.89. The van der Waals surface area contributed by atoms with E-state index in [1.807, 2.05) is 12.1 Å². The number of halogens is 1. The van der Waals surface area contributed by atoms with Crippen LogP contribution in [0.5, 0.6) is 0 Å². The molecule has 1 aliphatic carbocycles. The van der Waals surface area contributed by atoms with Crippen molar-refractivity contribution in [3.63, 3.8) is 0 Å². The van der Waals surface area contributed by atoms with Crippen molar-refractivity contribution in [1.82, 2.24) is 0 Å². The topological polar surface area (TPSA) is 40.9 Å². The van der Waals surface area contributed by atoms with E-state index in [9.17, 15) is 10.1 Å². The summed E-state index contributed by atoms with van der Waals surface area (Å²) in [6, 6.07) is 9.25. The van der Waals surface area contributed by atoms with Gasteiger partial charge in [-0.2, -0.15) is 5.26 Å². The summed E-state index contributed by atoms with van der Waals surface area (Å²) in [6.07, 6.45) is 6.45. The fraction of sp³-hybridized carbons (Fsp3) is 0.500. The van der Waals surface area contributed by atoms with Crippen LogP contribution in [0.4, 0.5) is 0 Å². The van der Waals surface area contributed by atoms with E-state index in [1.54, 1.807) is 12.1 Å². The molecule has 0 saturated heterocycles. The number of hydrogen-bond acceptors (Lipinski definition) is 2. The van der Waals surface area contributed by atoms with E-state index >= 15 is 0 Å². The zero-order valence-electron chi connectivity index (χ0n) is 10.9. The molecular weight excluding hydrogens is 258 g/mol. The number of carbonyl (C=O) groups is 1. The Kier molecular flexibility index (Phi) is 4.99. The van der Waals surface area contributed by atoms with Gasteiger partial charge < -0.3 is 0 Å². The maximum atomic E-state index is 12.3. The summed E-state index contributed by atoms with van der Waals surface area (Å²) in [6.45, 7) is 0. The highest BCUT2D eigenvalue weighted by Crippen LogP contribution is 2.31. The lowest BCUT2D eigenvalue weighted by Gasteiger charge is -2.21. The van der Waals surface area contributed by atoms with Crippen LogP contribution in [-0.2, 0) is 4.79 Å². The molecule has 1 aromatic rings. The van der Waals surface area contributed by atoms with Crippen LogP contribution < -0.4 is 0 Å². The fourth-order valence-electron chi connectivity index (χ4n) is 2.82. The largest absolute Gasteiger partial charge is 0.298 e. The zero-order chi connectivity index (χ0) is 13.7. The maximum Gasteiger partial charge on any atom is 0.154 e. The molecule has 0 radical (unpaired) electrons. The number of Topliss-reactive ketones (excluding diaryl/α,β-unsaturated/α-hetero) is 1. The predicted molar refractivity (Wildman–Crippen MR) is 76.0 cm³/mol. The van der Waals surface area contributed by atoms with Crippen molar-refractivity contribution in [2.45, 2.75) is 44.4 Å². The third-order valence-electron chi connectivity index (χ3n) is 3.88. The van der Waals surface area contributed by atoms with Gasteiger partial charge in [-0.1, -0.05) is 61.9 Å². The fourth-order valence-corrected chi connectivity index (χ4v) is 3.06. The van der Waals surface area contributed by atoms with Gasteiger partial charge in [0.25, 0.3) is 0 Å². The molecule has 1 unspecified atom stereocenters. The summed E-state index contributed by atoms with van der Waals surface area (Å²) in [4.78, 5) is 12.3. The molecule has 1 aliphatic rings. The molecule has 0 heterocycles. The van der Waals surface area contributed by atoms with Crippen molar-refractivity contribution in [2.24, 2.45) is 5.92 Å². The molecule has 3 heteroatoms. The Labute approximate surface area is 119 Å². The second-order valence-electron chi connectivity index (χ2n) is 5.26. The molecule has 0 bridgehead atoms. The molecule has 0 spiro atoms. The number of nitrogens with zero attached hydrogens (tertiary/aromatic N) is 1. The van der Waals surface area contributed by atoms with Crippen LogP contribution in [0.2, 0.25) is 5.02 Å². The van der Waals surface area contributed by atoms with Crippen LogP contribution in [0.15, 0.2) is 24.3 Å². The van der Waals surface area contributed by atoms with E-state index in [-0.39, 0.29) is 5.78 Å². The van der Waals surface area contributed by atoms with Gasteiger partial charge in [0.1, 0.15) is 5.92 Å². The highest BCUT2D eigenvalue weighted by molar-refractivity contribution is 6.31. The molecule has 2 nitrogen and oxygen atoms in total. The Bertz CT molecular complexity index is 486. The molecule has 19 heavy (non-hydrogen) atoms. The summed E-state index contributed by atoms with van der Waals surface area (Å²) >= 11 is 6.08. The first kappa shape index (κ1) is 14.1. The Hall–Kier alpha value is -1.33. The molecule has 2 rings (SSSR count). The van der Waals surface area contributed by atoms with E-state index in [0.717, 1.165) is 12.8 Å². The molecule has 0 N–H and O–H groups in total. The minimum atomic E-state index is -0.712. The van der Waals surface area contributed by atoms with Crippen LogP contribution in [-0.4, -0.2) is 5.78 Å².